The molecule has 0 radical (unpaired) electrons. The smallest absolute Gasteiger partial charge is 1.00 e. The number of carbonyl (C=O) groups excluding carboxylic acids is 6. The summed E-state index contributed by atoms with van der Waals surface area (Å²) in [4.78, 5) is 64.8. The van der Waals surface area contributed by atoms with Crippen LogP contribution in [0.2, 0.25) is 0 Å². The normalized spacial score (nSPS) is 13.6. The number of hydrogen-bond donors (Lipinski definition) is 15. The quantitative estimate of drug-likeness (QED) is 0.00221. The van der Waals surface area contributed by atoms with E-state index in [1.165, 1.54) is 6.38 Å². The molecule has 8 rings (SSSR count). The van der Waals surface area contributed by atoms with E-state index in [-0.39, 0.29) is 174 Å². The SMILES string of the molecule is C#CC(O)(CCC)CCC.CCCC(O)(C#Cc1cccc([C@H](O)CCN)c1)CCC.CCl.CPC.ClCCl.NCC[C@@H](O)c1ccccc1.O=C(CCNC(=O)C(F)(F)F)c1cccc(Br)c1.O=C(NCCC(O)c1cccc(Br)c1)C(F)(F)F.O=C(NCC[C@@H](O)c1cccc(Br)c1)C(F)(F)F.O=C(NCC[C@@H](O)c1ccccc1)C(F)(F)F.O=CO[O-].OC1CCCO1.OC1CCCO1.[H-].[K+].[K+]. The number of nitrogens with two attached hydrogens (primary N) is 2. The molecular formula is C93H129Br3Cl3F12K2N6O19P. The molecule has 2 fully saturated rings. The molecule has 0 aliphatic carbocycles. The zero-order chi connectivity index (χ0) is 106. The Labute approximate surface area is 934 Å². The van der Waals surface area contributed by atoms with Crippen molar-refractivity contribution in [3.05, 3.63) is 210 Å². The van der Waals surface area contributed by atoms with E-state index in [4.69, 9.17) is 70.8 Å². The molecule has 778 valence electrons. The van der Waals surface area contributed by atoms with E-state index in [0.717, 1.165) is 112 Å². The van der Waals surface area contributed by atoms with Crippen LogP contribution in [0.1, 0.15) is 219 Å². The number of hydrogen-bond acceptors (Lipinski definition) is 21. The van der Waals surface area contributed by atoms with Gasteiger partial charge in [0.1, 0.15) is 11.2 Å². The molecule has 6 aromatic rings. The van der Waals surface area contributed by atoms with Gasteiger partial charge in [-0.25, -0.2) is 0 Å². The average molecular weight is 2320 g/mol. The minimum absolute atomic E-state index is 0. The Balaban J connectivity index is -0.000000233. The number of aliphatic hydroxyl groups excluding tert-OH is 7. The second-order valence-electron chi connectivity index (χ2n) is 28.5. The Morgan fingerprint density at radius 2 is 0.784 bits per heavy atom. The van der Waals surface area contributed by atoms with Gasteiger partial charge >= 0.3 is 151 Å². The minimum atomic E-state index is -4.92. The number of carbonyl (C=O) groups is 6. The summed E-state index contributed by atoms with van der Waals surface area (Å²) in [7, 11) is 1.08. The number of aliphatic hydroxyl groups is 9. The zero-order valence-electron chi connectivity index (χ0n) is 79.9. The summed E-state index contributed by atoms with van der Waals surface area (Å²) in [6.45, 7) is 13.7. The molecule has 139 heavy (non-hydrogen) atoms. The number of ether oxygens (including phenoxy) is 2. The van der Waals surface area contributed by atoms with Gasteiger partial charge in [0.05, 0.1) is 35.9 Å². The van der Waals surface area contributed by atoms with Crippen molar-refractivity contribution in [3.63, 3.8) is 0 Å². The first-order valence-corrected chi connectivity index (χ1v) is 48.7. The molecule has 0 spiro atoms. The summed E-state index contributed by atoms with van der Waals surface area (Å²) in [5, 5.41) is 101. The van der Waals surface area contributed by atoms with Crippen molar-refractivity contribution in [2.45, 2.75) is 222 Å². The molecule has 3 unspecified atom stereocenters. The van der Waals surface area contributed by atoms with Gasteiger partial charge in [-0.2, -0.15) is 52.7 Å². The molecule has 2 aliphatic rings. The maximum absolute atomic E-state index is 11.9. The summed E-state index contributed by atoms with van der Waals surface area (Å²) >= 11 is 23.8. The van der Waals surface area contributed by atoms with Gasteiger partial charge in [0.2, 0.25) is 0 Å². The maximum Gasteiger partial charge on any atom is 1.00 e. The molecule has 17 N–H and O–H groups in total. The van der Waals surface area contributed by atoms with Crippen LogP contribution in [0.4, 0.5) is 52.7 Å². The third kappa shape index (κ3) is 80.9. The van der Waals surface area contributed by atoms with E-state index in [1.807, 2.05) is 82.3 Å². The topological polar surface area (TPSA) is 435 Å². The summed E-state index contributed by atoms with van der Waals surface area (Å²) in [6.07, 6.45) is -6.30. The largest absolute Gasteiger partial charge is 1.00 e. The number of rotatable bonds is 31. The number of benzene rings is 6. The first-order valence-electron chi connectivity index (χ1n) is 42.5. The Hall–Kier alpha value is -3.93. The van der Waals surface area contributed by atoms with Crippen LogP contribution < -0.4 is 141 Å². The van der Waals surface area contributed by atoms with Crippen LogP contribution in [0.25, 0.3) is 0 Å². The molecule has 7 atom stereocenters. The van der Waals surface area contributed by atoms with Crippen molar-refractivity contribution in [3.8, 4) is 24.2 Å². The summed E-state index contributed by atoms with van der Waals surface area (Å²) in [5.41, 5.74) is 13.7. The number of halogens is 18. The van der Waals surface area contributed by atoms with Crippen LogP contribution in [0, 0.1) is 24.2 Å². The van der Waals surface area contributed by atoms with E-state index in [2.05, 4.69) is 95.4 Å². The molecule has 0 aromatic heterocycles. The number of Topliss-reactive ketones (excluding diaryl/α,β-unsaturated/α-hetero) is 1. The second kappa shape index (κ2) is 89.3. The van der Waals surface area contributed by atoms with E-state index in [0.29, 0.717) is 65.5 Å². The van der Waals surface area contributed by atoms with Crippen LogP contribution in [-0.4, -0.2) is 208 Å². The van der Waals surface area contributed by atoms with Crippen LogP contribution in [-0.2, 0) is 38.3 Å². The molecule has 6 aromatic carbocycles. The fraction of sp³-hybridized carbons (Fsp3) is 0.505. The number of terminal acetylenes is 1. The number of amides is 4. The van der Waals surface area contributed by atoms with Crippen LogP contribution in [0.15, 0.2) is 171 Å². The van der Waals surface area contributed by atoms with Crippen LogP contribution in [0.5, 0.6) is 0 Å². The second-order valence-corrected chi connectivity index (χ2v) is 33.1. The van der Waals surface area contributed by atoms with Gasteiger partial charge in [0, 0.05) is 89.6 Å². The van der Waals surface area contributed by atoms with E-state index in [9.17, 15) is 112 Å². The molecular weight excluding hydrogens is 2190 g/mol. The summed E-state index contributed by atoms with van der Waals surface area (Å²) < 4.78 is 154. The third-order valence-electron chi connectivity index (χ3n) is 17.1. The van der Waals surface area contributed by atoms with Crippen molar-refractivity contribution >= 4 is 127 Å². The van der Waals surface area contributed by atoms with E-state index in [1.54, 1.807) is 124 Å². The molecule has 2 heterocycles. The molecule has 0 saturated carbocycles. The number of alkyl halides is 15. The maximum atomic E-state index is 11.9. The molecule has 2 aliphatic heterocycles. The number of ketones is 1. The van der Waals surface area contributed by atoms with Crippen LogP contribution >= 0.6 is 91.2 Å². The average Bonchev–Trinajstić information content (AvgIpc) is 0.988. The van der Waals surface area contributed by atoms with Crippen molar-refractivity contribution in [1.82, 2.24) is 21.3 Å². The fourth-order valence-electron chi connectivity index (χ4n) is 10.7. The summed E-state index contributed by atoms with van der Waals surface area (Å²) in [5.74, 6) is 0.145. The standard InChI is InChI=1S/C18H27NO2.2C11H11BrF3NO2.C11H9BrF3NO2.C11H12F3NO2.C9H13NO.C9H16O.2C4H8O2.C2H7P.CH2Cl2.CH3Cl.CH2O3.2K.H/c1-3-10-18(21,11-4-2)12-8-15-6-5-7-16(14-15)17(20)9-13-19;3*12-8-3-1-2-7(6-8)9(17)4-5-16-10(18)11(13,14)15;12-11(13,14)10(17)15-7-6-9(16)8-4-2-1-3-5-8;10-7-6-9(11)8-4-2-1-3-5-8;1-4-7-9(10,6-3)8-5-2;2*5-4-2-1-3-6-4;1-3-2;2-1-3;1-2;2-1-4-3;;;/h5-7,14,17,20-21H,3-4,9-11,13,19H2,1-2H3;2*1-3,6,9,17H,4-5H2,(H,16,18);1-3,6H,4-5H2,(H,16,18);1-5,9,16H,6-7H2,(H,15,17);1-5,9,11H,6-7,10H2;3,10H,4-5,7-8H2,1-2H3;2*4-5H,1-3H2;3H,1-2H3;1H2;1H3;1,3H;;;/q;;;;;;;;;;;;;2*+1;-1/p-1/t17-;9-;;;2*9-;;;;;;;;;;/m11..11........../s1. The van der Waals surface area contributed by atoms with Gasteiger partial charge in [-0.15, -0.1) is 49.8 Å². The van der Waals surface area contributed by atoms with Crippen molar-refractivity contribution in [2.75, 3.05) is 77.5 Å². The first-order chi connectivity index (χ1) is 64.4. The molecule has 4 amide bonds. The Kier molecular flexibility index (Phi) is 95.1. The first kappa shape index (κ1) is 148. The summed E-state index contributed by atoms with van der Waals surface area (Å²) in [6, 6.07) is 45.6. The van der Waals surface area contributed by atoms with Gasteiger partial charge in [0.15, 0.2) is 18.4 Å². The Bertz CT molecular complexity index is 4170. The van der Waals surface area contributed by atoms with Crippen molar-refractivity contribution in [1.29, 1.82) is 0 Å². The van der Waals surface area contributed by atoms with Crippen LogP contribution in [0.3, 0.4) is 0 Å². The Morgan fingerprint density at radius 3 is 1.06 bits per heavy atom. The fourth-order valence-corrected chi connectivity index (χ4v) is 11.9. The van der Waals surface area contributed by atoms with Gasteiger partial charge in [-0.3, -0.25) is 28.8 Å². The molecule has 46 heteroatoms. The molecule has 0 bridgehead atoms. The van der Waals surface area contributed by atoms with Crippen molar-refractivity contribution in [2.24, 2.45) is 11.5 Å². The van der Waals surface area contributed by atoms with Gasteiger partial charge in [-0.1, -0.05) is 228 Å². The molecule has 25 nitrogen and oxygen atoms in total. The van der Waals surface area contributed by atoms with E-state index >= 15 is 0 Å². The zero-order valence-corrected chi connectivity index (χ0v) is 93.1. The Morgan fingerprint density at radius 1 is 0.504 bits per heavy atom. The van der Waals surface area contributed by atoms with Gasteiger partial charge in [-0.05, 0) is 173 Å². The minimum Gasteiger partial charge on any atom is -1.00 e. The van der Waals surface area contributed by atoms with Gasteiger partial charge < -0.3 is 99.7 Å². The predicted molar refractivity (Wildman–Crippen MR) is 517 cm³/mol. The molecule has 2 saturated heterocycles. The van der Waals surface area contributed by atoms with E-state index < -0.39 is 103 Å². The third-order valence-corrected chi connectivity index (χ3v) is 18.6. The monoisotopic (exact) mass is 2310 g/mol. The predicted octanol–water partition coefficient (Wildman–Crippen LogP) is 11.3. The van der Waals surface area contributed by atoms with Crippen molar-refractivity contribution < 1.29 is 251 Å². The number of nitrogens with one attached hydrogen (secondary N) is 4. The van der Waals surface area contributed by atoms with Gasteiger partial charge in [0.25, 0.3) is 6.47 Å².